The number of H-pyrrole nitrogens is 1. The molecule has 1 N–H and O–H groups in total. The first-order chi connectivity index (χ1) is 9.11. The predicted molar refractivity (Wildman–Crippen MR) is 81.9 cm³/mol. The van der Waals surface area contributed by atoms with Crippen LogP contribution in [0, 0.1) is 11.7 Å². The quantitative estimate of drug-likeness (QED) is 0.670. The van der Waals surface area contributed by atoms with Crippen molar-refractivity contribution in [2.45, 2.75) is 33.0 Å². The number of nitrogens with zero attached hydrogens (tertiary/aromatic N) is 2. The molecule has 3 nitrogen and oxygen atoms in total. The summed E-state index contributed by atoms with van der Waals surface area (Å²) < 4.78 is 3.08. The Morgan fingerprint density at radius 2 is 2.32 bits per heavy atom. The largest absolute Gasteiger partial charge is 0.331 e. The molecule has 1 aromatic heterocycles. The van der Waals surface area contributed by atoms with Gasteiger partial charge in [-0.15, -0.1) is 6.58 Å². The summed E-state index contributed by atoms with van der Waals surface area (Å²) in [6.45, 7) is 11.1. The number of imidazole rings is 1. The summed E-state index contributed by atoms with van der Waals surface area (Å²) in [6, 6.07) is 4.76. The number of benzene rings is 1. The van der Waals surface area contributed by atoms with Gasteiger partial charge in [0.1, 0.15) is 0 Å². The van der Waals surface area contributed by atoms with Crippen LogP contribution in [0.1, 0.15) is 18.1 Å². The number of hydrogen-bond donors (Lipinski definition) is 1. The van der Waals surface area contributed by atoms with Gasteiger partial charge in [0.05, 0.1) is 11.0 Å². The summed E-state index contributed by atoms with van der Waals surface area (Å²) in [5.41, 5.74) is 5.15. The molecule has 100 valence electrons. The van der Waals surface area contributed by atoms with Gasteiger partial charge in [-0.25, -0.2) is 0 Å². The third-order valence-corrected chi connectivity index (χ3v) is 4.39. The molecule has 0 unspecified atom stereocenters. The van der Waals surface area contributed by atoms with Crippen molar-refractivity contribution in [2.24, 2.45) is 0 Å². The van der Waals surface area contributed by atoms with Crippen LogP contribution in [0.15, 0.2) is 24.8 Å². The Bertz CT molecular complexity index is 695. The van der Waals surface area contributed by atoms with E-state index in [0.29, 0.717) is 6.04 Å². The van der Waals surface area contributed by atoms with Crippen molar-refractivity contribution in [2.75, 3.05) is 6.54 Å². The lowest BCUT2D eigenvalue weighted by Crippen LogP contribution is -2.34. The molecule has 1 aliphatic rings. The van der Waals surface area contributed by atoms with Gasteiger partial charge < -0.3 is 9.55 Å². The Labute approximate surface area is 118 Å². The molecule has 0 radical (unpaired) electrons. The van der Waals surface area contributed by atoms with E-state index in [4.69, 9.17) is 12.2 Å². The number of rotatable bonds is 2. The van der Waals surface area contributed by atoms with Crippen LogP contribution < -0.4 is 0 Å². The zero-order chi connectivity index (χ0) is 13.6. The maximum Gasteiger partial charge on any atom is 0.178 e. The van der Waals surface area contributed by atoms with Gasteiger partial charge in [-0.2, -0.15) is 0 Å². The van der Waals surface area contributed by atoms with E-state index in [1.165, 1.54) is 16.6 Å². The number of aromatic nitrogens is 2. The van der Waals surface area contributed by atoms with Gasteiger partial charge in [-0.3, -0.25) is 4.90 Å². The molecular weight excluding hydrogens is 254 g/mol. The molecule has 0 saturated heterocycles. The molecule has 0 fully saturated rings. The third-order valence-electron chi connectivity index (χ3n) is 4.07. The van der Waals surface area contributed by atoms with Gasteiger partial charge >= 0.3 is 0 Å². The first-order valence-corrected chi connectivity index (χ1v) is 7.08. The third kappa shape index (κ3) is 1.95. The lowest BCUT2D eigenvalue weighted by Gasteiger charge is -2.26. The second-order valence-electron chi connectivity index (χ2n) is 5.37. The summed E-state index contributed by atoms with van der Waals surface area (Å²) >= 11 is 5.47. The van der Waals surface area contributed by atoms with Gasteiger partial charge in [0.25, 0.3) is 0 Å². The molecule has 2 heterocycles. The fraction of sp³-hybridized carbons (Fsp3) is 0.400. The van der Waals surface area contributed by atoms with Crippen LogP contribution in [0.2, 0.25) is 0 Å². The summed E-state index contributed by atoms with van der Waals surface area (Å²) in [5.74, 6) is 0. The minimum Gasteiger partial charge on any atom is -0.331 e. The van der Waals surface area contributed by atoms with E-state index < -0.39 is 0 Å². The van der Waals surface area contributed by atoms with Crippen molar-refractivity contribution in [3.05, 3.63) is 40.7 Å². The summed E-state index contributed by atoms with van der Waals surface area (Å²) in [4.78, 5) is 5.78. The Kier molecular flexibility index (Phi) is 3.07. The lowest BCUT2D eigenvalue weighted by molar-refractivity contribution is 0.210. The van der Waals surface area contributed by atoms with Crippen LogP contribution in [-0.4, -0.2) is 27.0 Å². The molecule has 1 aromatic carbocycles. The van der Waals surface area contributed by atoms with Crippen LogP contribution in [0.5, 0.6) is 0 Å². The molecular formula is C15H19N3S. The van der Waals surface area contributed by atoms with Crippen LogP contribution in [0.4, 0.5) is 0 Å². The van der Waals surface area contributed by atoms with Crippen LogP contribution >= 0.6 is 12.2 Å². The van der Waals surface area contributed by atoms with Gasteiger partial charge in [-0.05, 0) is 43.3 Å². The number of aryl methyl sites for hydroxylation is 1. The SMILES string of the molecule is C=CCN1Cc2c(C)ccc3[nH]c(=S)n(c23)C[C@@H]1C. The average Bonchev–Trinajstić information content (AvgIpc) is 2.59. The number of nitrogens with one attached hydrogen (secondary N) is 1. The van der Waals surface area contributed by atoms with Gasteiger partial charge in [0, 0.05) is 25.7 Å². The van der Waals surface area contributed by atoms with E-state index in [0.717, 1.165) is 29.9 Å². The summed E-state index contributed by atoms with van der Waals surface area (Å²) in [6.07, 6.45) is 1.98. The highest BCUT2D eigenvalue weighted by Crippen LogP contribution is 2.28. The minimum atomic E-state index is 0.454. The van der Waals surface area contributed by atoms with Crippen molar-refractivity contribution >= 4 is 23.3 Å². The molecule has 0 saturated carbocycles. The molecule has 0 spiro atoms. The standard InChI is InChI=1S/C15H19N3S/c1-4-7-17-9-12-10(2)5-6-13-14(12)18(8-11(17)3)15(19)16-13/h4-6,11H,1,7-9H2,2-3H3,(H,16,19)/t11-/m0/s1. The predicted octanol–water partition coefficient (Wildman–Crippen LogP) is 3.40. The van der Waals surface area contributed by atoms with E-state index in [9.17, 15) is 0 Å². The maximum absolute atomic E-state index is 5.47. The van der Waals surface area contributed by atoms with Gasteiger partial charge in [0.2, 0.25) is 0 Å². The second kappa shape index (κ2) is 4.62. The van der Waals surface area contributed by atoms with Crippen LogP contribution in [0.25, 0.3) is 11.0 Å². The highest BCUT2D eigenvalue weighted by molar-refractivity contribution is 7.71. The van der Waals surface area contributed by atoms with E-state index >= 15 is 0 Å². The zero-order valence-electron chi connectivity index (χ0n) is 11.4. The first kappa shape index (κ1) is 12.6. The topological polar surface area (TPSA) is 24.0 Å². The molecule has 0 bridgehead atoms. The fourth-order valence-corrected chi connectivity index (χ4v) is 3.23. The van der Waals surface area contributed by atoms with Crippen molar-refractivity contribution in [3.8, 4) is 0 Å². The average molecular weight is 273 g/mol. The monoisotopic (exact) mass is 273 g/mol. The lowest BCUT2D eigenvalue weighted by atomic mass is 10.1. The Hall–Kier alpha value is -1.39. The van der Waals surface area contributed by atoms with E-state index in [-0.39, 0.29) is 0 Å². The van der Waals surface area contributed by atoms with E-state index in [2.05, 4.69) is 47.0 Å². The summed E-state index contributed by atoms with van der Waals surface area (Å²) in [7, 11) is 0. The Morgan fingerprint density at radius 1 is 1.53 bits per heavy atom. The van der Waals surface area contributed by atoms with Crippen molar-refractivity contribution in [3.63, 3.8) is 0 Å². The van der Waals surface area contributed by atoms with Gasteiger partial charge in [-0.1, -0.05) is 12.1 Å². The fourth-order valence-electron chi connectivity index (χ4n) is 2.95. The Morgan fingerprint density at radius 3 is 3.05 bits per heavy atom. The molecule has 0 aliphatic carbocycles. The smallest absolute Gasteiger partial charge is 0.178 e. The first-order valence-electron chi connectivity index (χ1n) is 6.67. The molecule has 4 heteroatoms. The highest BCUT2D eigenvalue weighted by Gasteiger charge is 2.23. The Balaban J connectivity index is 2.25. The van der Waals surface area contributed by atoms with E-state index in [1.54, 1.807) is 0 Å². The van der Waals surface area contributed by atoms with Crippen LogP contribution in [-0.2, 0) is 13.1 Å². The molecule has 1 atom stereocenters. The molecule has 3 rings (SSSR count). The maximum atomic E-state index is 5.47. The van der Waals surface area contributed by atoms with Crippen molar-refractivity contribution in [1.82, 2.24) is 14.5 Å². The minimum absolute atomic E-state index is 0.454. The van der Waals surface area contributed by atoms with Crippen molar-refractivity contribution < 1.29 is 0 Å². The molecule has 19 heavy (non-hydrogen) atoms. The van der Waals surface area contributed by atoms with Crippen LogP contribution in [0.3, 0.4) is 0 Å². The number of hydrogen-bond acceptors (Lipinski definition) is 2. The highest BCUT2D eigenvalue weighted by atomic mass is 32.1. The molecule has 1 aliphatic heterocycles. The molecule has 2 aromatic rings. The van der Waals surface area contributed by atoms with E-state index in [1.807, 2.05) is 6.08 Å². The number of aromatic amines is 1. The zero-order valence-corrected chi connectivity index (χ0v) is 12.3. The second-order valence-corrected chi connectivity index (χ2v) is 5.75. The summed E-state index contributed by atoms with van der Waals surface area (Å²) in [5, 5.41) is 0. The van der Waals surface area contributed by atoms with Gasteiger partial charge in [0.15, 0.2) is 4.77 Å². The normalized spacial score (nSPS) is 19.6. The van der Waals surface area contributed by atoms with Crippen molar-refractivity contribution in [1.29, 1.82) is 0 Å². The molecule has 0 amide bonds.